The van der Waals surface area contributed by atoms with Crippen molar-refractivity contribution in [1.29, 1.82) is 0 Å². The fraction of sp³-hybridized carbons (Fsp3) is 0.600. The molecule has 1 aliphatic heterocycles. The Morgan fingerprint density at radius 2 is 1.94 bits per heavy atom. The van der Waals surface area contributed by atoms with E-state index in [4.69, 9.17) is 9.26 Å². The third kappa shape index (κ3) is 6.59. The van der Waals surface area contributed by atoms with Gasteiger partial charge in [0.25, 0.3) is 0 Å². The fourth-order valence-corrected chi connectivity index (χ4v) is 4.44. The molecular weight excluding hydrogens is 433 g/mol. The summed E-state index contributed by atoms with van der Waals surface area (Å²) in [5, 5.41) is 4.16. The molecule has 0 saturated heterocycles. The van der Waals surface area contributed by atoms with Gasteiger partial charge in [0.05, 0.1) is 19.3 Å². The van der Waals surface area contributed by atoms with Crippen LogP contribution in [0.2, 0.25) is 0 Å². The van der Waals surface area contributed by atoms with E-state index in [1.54, 1.807) is 12.1 Å². The van der Waals surface area contributed by atoms with E-state index in [9.17, 15) is 13.2 Å². The highest BCUT2D eigenvalue weighted by molar-refractivity contribution is 5.70. The molecule has 2 heterocycles. The number of hydrogen-bond donors (Lipinski definition) is 0. The minimum absolute atomic E-state index is 0.0627. The second-order valence-corrected chi connectivity index (χ2v) is 9.32. The molecule has 1 fully saturated rings. The zero-order chi connectivity index (χ0) is 23.4. The molecule has 0 radical (unpaired) electrons. The molecule has 5 nitrogen and oxygen atoms in total. The summed E-state index contributed by atoms with van der Waals surface area (Å²) in [7, 11) is 0. The molecular formula is C25H31F3N2O3. The standard InChI is InChI=1S/C25H31F3N2O3/c1-3-17-10-16(2)11-19(14-29-13-17)31-15-21-23(12-18-8-9-18)33-30-24(21)20-6-4-5-7-22(20)32-25(26,27)28/h4-7,13,16-19H,3,8-12,14-15H2,1-2H3/t16?,17-,19?/m1/s1. The molecule has 0 amide bonds. The van der Waals surface area contributed by atoms with Crippen LogP contribution < -0.4 is 4.74 Å². The Bertz CT molecular complexity index is 953. The first-order valence-corrected chi connectivity index (χ1v) is 11.8. The van der Waals surface area contributed by atoms with Crippen LogP contribution in [-0.4, -0.2) is 30.4 Å². The van der Waals surface area contributed by atoms with Gasteiger partial charge in [-0.15, -0.1) is 13.2 Å². The van der Waals surface area contributed by atoms with Crippen LogP contribution in [0.5, 0.6) is 5.75 Å². The molecule has 180 valence electrons. The topological polar surface area (TPSA) is 56.9 Å². The molecule has 2 aliphatic rings. The van der Waals surface area contributed by atoms with Crippen LogP contribution in [-0.2, 0) is 17.8 Å². The van der Waals surface area contributed by atoms with Crippen LogP contribution in [0.3, 0.4) is 0 Å². The first-order valence-electron chi connectivity index (χ1n) is 11.8. The monoisotopic (exact) mass is 464 g/mol. The quantitative estimate of drug-likeness (QED) is 0.441. The summed E-state index contributed by atoms with van der Waals surface area (Å²) in [4.78, 5) is 4.58. The van der Waals surface area contributed by atoms with Gasteiger partial charge in [0.15, 0.2) is 0 Å². The lowest BCUT2D eigenvalue weighted by atomic mass is 9.89. The first-order chi connectivity index (χ1) is 15.8. The van der Waals surface area contributed by atoms with Crippen molar-refractivity contribution in [2.24, 2.45) is 22.7 Å². The zero-order valence-corrected chi connectivity index (χ0v) is 19.1. The van der Waals surface area contributed by atoms with Gasteiger partial charge in [-0.25, -0.2) is 0 Å². The minimum atomic E-state index is -4.79. The Morgan fingerprint density at radius 1 is 1.15 bits per heavy atom. The first kappa shape index (κ1) is 23.8. The van der Waals surface area contributed by atoms with Crippen molar-refractivity contribution >= 4 is 6.21 Å². The van der Waals surface area contributed by atoms with E-state index in [0.717, 1.165) is 32.1 Å². The minimum Gasteiger partial charge on any atom is -0.405 e. The van der Waals surface area contributed by atoms with Crippen LogP contribution in [0.15, 0.2) is 33.8 Å². The van der Waals surface area contributed by atoms with Gasteiger partial charge in [-0.2, -0.15) is 0 Å². The van der Waals surface area contributed by atoms with E-state index < -0.39 is 6.36 Å². The third-order valence-electron chi connectivity index (χ3n) is 6.39. The Morgan fingerprint density at radius 3 is 2.67 bits per heavy atom. The number of hydrogen-bond acceptors (Lipinski definition) is 5. The van der Waals surface area contributed by atoms with Gasteiger partial charge in [0.2, 0.25) is 0 Å². The van der Waals surface area contributed by atoms with Gasteiger partial charge in [-0.05, 0) is 62.0 Å². The van der Waals surface area contributed by atoms with Crippen molar-refractivity contribution in [3.05, 3.63) is 35.6 Å². The summed E-state index contributed by atoms with van der Waals surface area (Å²) in [6.07, 6.45) is 3.19. The van der Waals surface area contributed by atoms with Crippen LogP contribution in [0.1, 0.15) is 57.3 Å². The molecule has 1 saturated carbocycles. The van der Waals surface area contributed by atoms with Crippen molar-refractivity contribution in [3.8, 4) is 17.0 Å². The lowest BCUT2D eigenvalue weighted by Gasteiger charge is -2.25. The molecule has 8 heteroatoms. The predicted molar refractivity (Wildman–Crippen MR) is 119 cm³/mol. The lowest BCUT2D eigenvalue weighted by molar-refractivity contribution is -0.274. The van der Waals surface area contributed by atoms with Crippen LogP contribution >= 0.6 is 0 Å². The summed E-state index contributed by atoms with van der Waals surface area (Å²) < 4.78 is 55.1. The molecule has 0 N–H and O–H groups in total. The number of alkyl halides is 3. The number of rotatable bonds is 8. The SMILES string of the molecule is CC[C@H]1C=NCC(OCc2c(-c3ccccc3OC(F)(F)F)noc2CC2CC2)CC(C)C1. The molecule has 1 aromatic heterocycles. The van der Waals surface area contributed by atoms with E-state index in [0.29, 0.717) is 47.7 Å². The highest BCUT2D eigenvalue weighted by atomic mass is 19.4. The largest absolute Gasteiger partial charge is 0.573 e. The van der Waals surface area contributed by atoms with E-state index >= 15 is 0 Å². The summed E-state index contributed by atoms with van der Waals surface area (Å²) in [6.45, 7) is 5.19. The normalized spacial score (nSPS) is 23.8. The number of para-hydroxylation sites is 1. The average Bonchev–Trinajstić information content (AvgIpc) is 3.47. The summed E-state index contributed by atoms with van der Waals surface area (Å²) in [6, 6.07) is 6.02. The molecule has 33 heavy (non-hydrogen) atoms. The van der Waals surface area contributed by atoms with Crippen molar-refractivity contribution in [2.45, 2.75) is 71.4 Å². The molecule has 0 bridgehead atoms. The second kappa shape index (κ2) is 10.3. The smallest absolute Gasteiger partial charge is 0.405 e. The summed E-state index contributed by atoms with van der Waals surface area (Å²) >= 11 is 0. The molecule has 0 spiro atoms. The Kier molecular flexibility index (Phi) is 7.41. The van der Waals surface area contributed by atoms with Gasteiger partial charge in [0, 0.05) is 23.8 Å². The number of aromatic nitrogens is 1. The molecule has 2 unspecified atom stereocenters. The Balaban J connectivity index is 1.57. The molecule has 4 rings (SSSR count). The highest BCUT2D eigenvalue weighted by Crippen LogP contribution is 2.39. The number of benzene rings is 1. The van der Waals surface area contributed by atoms with E-state index in [-0.39, 0.29) is 24.0 Å². The van der Waals surface area contributed by atoms with Gasteiger partial charge in [0.1, 0.15) is 17.2 Å². The van der Waals surface area contributed by atoms with Crippen molar-refractivity contribution in [1.82, 2.24) is 5.16 Å². The van der Waals surface area contributed by atoms with E-state index in [2.05, 4.69) is 28.7 Å². The molecule has 2 aromatic rings. The number of ether oxygens (including phenoxy) is 2. The maximum absolute atomic E-state index is 13.0. The Hall–Kier alpha value is -2.35. The van der Waals surface area contributed by atoms with Crippen LogP contribution in [0.4, 0.5) is 13.2 Å². The maximum Gasteiger partial charge on any atom is 0.573 e. The van der Waals surface area contributed by atoms with Crippen LogP contribution in [0, 0.1) is 17.8 Å². The number of halogens is 3. The molecule has 1 aromatic carbocycles. The van der Waals surface area contributed by atoms with Gasteiger partial charge >= 0.3 is 6.36 Å². The van der Waals surface area contributed by atoms with Crippen molar-refractivity contribution < 1.29 is 27.2 Å². The van der Waals surface area contributed by atoms with E-state index in [1.807, 2.05) is 6.21 Å². The summed E-state index contributed by atoms with van der Waals surface area (Å²) in [5.74, 6) is 1.92. The number of aliphatic imine (C=N–C) groups is 1. The molecule has 1 aliphatic carbocycles. The second-order valence-electron chi connectivity index (χ2n) is 9.32. The van der Waals surface area contributed by atoms with Crippen molar-refractivity contribution in [2.75, 3.05) is 6.54 Å². The fourth-order valence-electron chi connectivity index (χ4n) is 4.44. The predicted octanol–water partition coefficient (Wildman–Crippen LogP) is 6.60. The number of nitrogens with zero attached hydrogens (tertiary/aromatic N) is 2. The van der Waals surface area contributed by atoms with Gasteiger partial charge in [-0.3, -0.25) is 4.99 Å². The van der Waals surface area contributed by atoms with Crippen molar-refractivity contribution in [3.63, 3.8) is 0 Å². The lowest BCUT2D eigenvalue weighted by Crippen LogP contribution is -2.24. The van der Waals surface area contributed by atoms with Crippen LogP contribution in [0.25, 0.3) is 11.3 Å². The average molecular weight is 465 g/mol. The zero-order valence-electron chi connectivity index (χ0n) is 19.1. The summed E-state index contributed by atoms with van der Waals surface area (Å²) in [5.41, 5.74) is 1.29. The van der Waals surface area contributed by atoms with E-state index in [1.165, 1.54) is 12.1 Å². The molecule has 3 atom stereocenters. The third-order valence-corrected chi connectivity index (χ3v) is 6.39. The highest BCUT2D eigenvalue weighted by Gasteiger charge is 2.34. The maximum atomic E-state index is 13.0. The van der Waals surface area contributed by atoms with Gasteiger partial charge in [-0.1, -0.05) is 31.1 Å². The van der Waals surface area contributed by atoms with Gasteiger partial charge < -0.3 is 14.0 Å². The Labute approximate surface area is 192 Å².